The summed E-state index contributed by atoms with van der Waals surface area (Å²) in [6.45, 7) is 8.19. The van der Waals surface area contributed by atoms with Crippen molar-refractivity contribution in [2.24, 2.45) is 0 Å². The first-order valence-corrected chi connectivity index (χ1v) is 5.44. The van der Waals surface area contributed by atoms with Crippen LogP contribution in [0.3, 0.4) is 0 Å². The monoisotopic (exact) mass is 234 g/mol. The van der Waals surface area contributed by atoms with Gasteiger partial charge in [-0.1, -0.05) is 0 Å². The average Bonchev–Trinajstić information content (AvgIpc) is 2.31. The maximum atomic E-state index is 9.12. The molecule has 0 aliphatic carbocycles. The van der Waals surface area contributed by atoms with E-state index < -0.39 is 0 Å². The van der Waals surface area contributed by atoms with E-state index in [1.54, 1.807) is 7.11 Å². The molecule has 0 unspecified atom stereocenters. The van der Waals surface area contributed by atoms with E-state index >= 15 is 0 Å². The van der Waals surface area contributed by atoms with Gasteiger partial charge in [0.15, 0.2) is 5.82 Å². The van der Waals surface area contributed by atoms with Crippen LogP contribution >= 0.6 is 0 Å². The van der Waals surface area contributed by atoms with E-state index in [2.05, 4.69) is 21.6 Å². The minimum Gasteiger partial charge on any atom is -0.377 e. The second-order valence-corrected chi connectivity index (χ2v) is 4.56. The highest BCUT2D eigenvalue weighted by Crippen LogP contribution is 2.18. The molecule has 1 heterocycles. The Morgan fingerprint density at radius 1 is 1.35 bits per heavy atom. The van der Waals surface area contributed by atoms with Gasteiger partial charge in [0.05, 0.1) is 11.3 Å². The van der Waals surface area contributed by atoms with E-state index in [-0.39, 0.29) is 5.60 Å². The van der Waals surface area contributed by atoms with Crippen LogP contribution < -0.4 is 5.32 Å². The first-order chi connectivity index (χ1) is 7.91. The fraction of sp³-hybridized carbons (Fsp3) is 0.583. The zero-order chi connectivity index (χ0) is 13.1. The highest BCUT2D eigenvalue weighted by Gasteiger charge is 2.18. The third-order valence-corrected chi connectivity index (χ3v) is 2.80. The fourth-order valence-electron chi connectivity index (χ4n) is 1.24. The number of nitrogens with one attached hydrogen (secondary N) is 1. The predicted octanol–water partition coefficient (Wildman–Crippen LogP) is 1.80. The minimum absolute atomic E-state index is 0.312. The highest BCUT2D eigenvalue weighted by atomic mass is 16.5. The van der Waals surface area contributed by atoms with Gasteiger partial charge in [0, 0.05) is 13.7 Å². The summed E-state index contributed by atoms with van der Waals surface area (Å²) in [5, 5.41) is 20.2. The molecule has 0 saturated carbocycles. The van der Waals surface area contributed by atoms with Crippen molar-refractivity contribution in [3.8, 4) is 6.07 Å². The van der Waals surface area contributed by atoms with E-state index in [0.29, 0.717) is 17.9 Å². The van der Waals surface area contributed by atoms with Crippen molar-refractivity contribution in [3.05, 3.63) is 16.8 Å². The molecule has 0 bridgehead atoms. The Morgan fingerprint density at radius 3 is 2.53 bits per heavy atom. The molecule has 1 aromatic heterocycles. The molecule has 1 N–H and O–H groups in total. The second kappa shape index (κ2) is 5.11. The van der Waals surface area contributed by atoms with Crippen LogP contribution in [0.2, 0.25) is 0 Å². The molecule has 0 aliphatic rings. The Bertz CT molecular complexity index is 449. The molecule has 5 heteroatoms. The number of aromatic nitrogens is 2. The lowest BCUT2D eigenvalue weighted by Gasteiger charge is -2.23. The highest BCUT2D eigenvalue weighted by molar-refractivity contribution is 5.55. The lowest BCUT2D eigenvalue weighted by molar-refractivity contribution is 0.0343. The van der Waals surface area contributed by atoms with Gasteiger partial charge in [0.25, 0.3) is 0 Å². The Labute approximate surface area is 102 Å². The standard InChI is InChI=1S/C12H18N4O/c1-8-9(2)15-16-11(10(8)6-13)14-7-12(3,4)17-5/h7H2,1-5H3,(H,14,16). The molecule has 0 spiro atoms. The van der Waals surface area contributed by atoms with Gasteiger partial charge >= 0.3 is 0 Å². The Kier molecular flexibility index (Phi) is 4.02. The van der Waals surface area contributed by atoms with Gasteiger partial charge in [-0.15, -0.1) is 5.10 Å². The van der Waals surface area contributed by atoms with E-state index in [1.807, 2.05) is 27.7 Å². The van der Waals surface area contributed by atoms with Crippen molar-refractivity contribution in [1.29, 1.82) is 5.26 Å². The second-order valence-electron chi connectivity index (χ2n) is 4.56. The van der Waals surface area contributed by atoms with E-state index in [0.717, 1.165) is 11.3 Å². The van der Waals surface area contributed by atoms with E-state index in [9.17, 15) is 0 Å². The Morgan fingerprint density at radius 2 is 2.00 bits per heavy atom. The quantitative estimate of drug-likeness (QED) is 0.860. The smallest absolute Gasteiger partial charge is 0.167 e. The normalized spacial score (nSPS) is 11.1. The van der Waals surface area contributed by atoms with Gasteiger partial charge in [0.1, 0.15) is 11.6 Å². The zero-order valence-corrected chi connectivity index (χ0v) is 11.0. The summed E-state index contributed by atoms with van der Waals surface area (Å²) >= 11 is 0. The molecular formula is C12H18N4O. The number of nitriles is 1. The molecule has 0 amide bonds. The summed E-state index contributed by atoms with van der Waals surface area (Å²) in [5.41, 5.74) is 1.87. The summed E-state index contributed by atoms with van der Waals surface area (Å²) in [5.74, 6) is 0.515. The first-order valence-electron chi connectivity index (χ1n) is 5.44. The van der Waals surface area contributed by atoms with Crippen molar-refractivity contribution < 1.29 is 4.74 Å². The van der Waals surface area contributed by atoms with Crippen LogP contribution in [0, 0.1) is 25.2 Å². The largest absolute Gasteiger partial charge is 0.377 e. The van der Waals surface area contributed by atoms with Gasteiger partial charge in [-0.05, 0) is 33.3 Å². The minimum atomic E-state index is -0.312. The van der Waals surface area contributed by atoms with Crippen molar-refractivity contribution in [2.45, 2.75) is 33.3 Å². The SMILES string of the molecule is COC(C)(C)CNc1nnc(C)c(C)c1C#N. The molecule has 92 valence electrons. The van der Waals surface area contributed by atoms with E-state index in [1.165, 1.54) is 0 Å². The van der Waals surface area contributed by atoms with E-state index in [4.69, 9.17) is 10.00 Å². The van der Waals surface area contributed by atoms with Crippen LogP contribution in [0.5, 0.6) is 0 Å². The van der Waals surface area contributed by atoms with Crippen molar-refractivity contribution in [3.63, 3.8) is 0 Å². The van der Waals surface area contributed by atoms with Crippen LogP contribution in [-0.4, -0.2) is 29.5 Å². The summed E-state index contributed by atoms with van der Waals surface area (Å²) in [6.07, 6.45) is 0. The van der Waals surface area contributed by atoms with Gasteiger partial charge in [0.2, 0.25) is 0 Å². The molecule has 5 nitrogen and oxygen atoms in total. The number of hydrogen-bond acceptors (Lipinski definition) is 5. The first kappa shape index (κ1) is 13.4. The Hall–Kier alpha value is -1.67. The van der Waals surface area contributed by atoms with Crippen LogP contribution in [0.25, 0.3) is 0 Å². The molecule has 0 fully saturated rings. The average molecular weight is 234 g/mol. The summed E-state index contributed by atoms with van der Waals surface area (Å²) in [7, 11) is 1.65. The number of rotatable bonds is 4. The summed E-state index contributed by atoms with van der Waals surface area (Å²) < 4.78 is 5.29. The maximum absolute atomic E-state index is 9.12. The predicted molar refractivity (Wildman–Crippen MR) is 65.8 cm³/mol. The number of anilines is 1. The molecular weight excluding hydrogens is 216 g/mol. The van der Waals surface area contributed by atoms with Gasteiger partial charge in [-0.25, -0.2) is 0 Å². The van der Waals surface area contributed by atoms with Gasteiger partial charge in [-0.3, -0.25) is 0 Å². The van der Waals surface area contributed by atoms with Crippen LogP contribution in [0.4, 0.5) is 5.82 Å². The van der Waals surface area contributed by atoms with Crippen LogP contribution in [0.15, 0.2) is 0 Å². The topological polar surface area (TPSA) is 70.8 Å². The lowest BCUT2D eigenvalue weighted by Crippen LogP contribution is -2.32. The number of aryl methyl sites for hydroxylation is 1. The number of ether oxygens (including phenoxy) is 1. The molecule has 0 atom stereocenters. The van der Waals surface area contributed by atoms with Crippen molar-refractivity contribution in [2.75, 3.05) is 19.0 Å². The number of methoxy groups -OCH3 is 1. The van der Waals surface area contributed by atoms with Crippen LogP contribution in [-0.2, 0) is 4.74 Å². The van der Waals surface area contributed by atoms with Crippen molar-refractivity contribution in [1.82, 2.24) is 10.2 Å². The molecule has 0 aliphatic heterocycles. The third kappa shape index (κ3) is 3.14. The molecule has 1 aromatic rings. The van der Waals surface area contributed by atoms with Crippen molar-refractivity contribution >= 4 is 5.82 Å². The van der Waals surface area contributed by atoms with Gasteiger partial charge < -0.3 is 10.1 Å². The molecule has 0 aromatic carbocycles. The third-order valence-electron chi connectivity index (χ3n) is 2.80. The number of nitrogens with zero attached hydrogens (tertiary/aromatic N) is 3. The fourth-order valence-corrected chi connectivity index (χ4v) is 1.24. The Balaban J connectivity index is 2.94. The summed E-state index contributed by atoms with van der Waals surface area (Å²) in [6, 6.07) is 2.15. The molecule has 17 heavy (non-hydrogen) atoms. The summed E-state index contributed by atoms with van der Waals surface area (Å²) in [4.78, 5) is 0. The van der Waals surface area contributed by atoms with Crippen LogP contribution in [0.1, 0.15) is 30.7 Å². The molecule has 1 rings (SSSR count). The van der Waals surface area contributed by atoms with Gasteiger partial charge in [-0.2, -0.15) is 10.4 Å². The molecule has 0 radical (unpaired) electrons. The molecule has 0 saturated heterocycles. The lowest BCUT2D eigenvalue weighted by atomic mass is 10.1. The number of hydrogen-bond donors (Lipinski definition) is 1. The zero-order valence-electron chi connectivity index (χ0n) is 11.0. The maximum Gasteiger partial charge on any atom is 0.167 e.